The quantitative estimate of drug-likeness (QED) is 0.906. The number of aromatic nitrogens is 2. The summed E-state index contributed by atoms with van der Waals surface area (Å²) in [5, 5.41) is 13.8. The van der Waals surface area contributed by atoms with Gasteiger partial charge >= 0.3 is 0 Å². The molecule has 0 radical (unpaired) electrons. The third kappa shape index (κ3) is 1.92. The maximum atomic E-state index is 9.58. The molecule has 5 rings (SSSR count). The van der Waals surface area contributed by atoms with Crippen molar-refractivity contribution in [3.8, 4) is 0 Å². The minimum Gasteiger partial charge on any atom is -0.396 e. The number of hydrogen-bond acceptors (Lipinski definition) is 4. The van der Waals surface area contributed by atoms with Crippen molar-refractivity contribution < 1.29 is 9.63 Å². The van der Waals surface area contributed by atoms with Gasteiger partial charge in [0.05, 0.1) is 0 Å². The van der Waals surface area contributed by atoms with E-state index in [-0.39, 0.29) is 10.8 Å². The molecule has 0 atom stereocenters. The molecule has 1 N–H and O–H groups in total. The number of fused-ring (bicyclic) bond motifs is 3. The van der Waals surface area contributed by atoms with Crippen molar-refractivity contribution in [1.29, 1.82) is 0 Å². The Bertz CT molecular complexity index is 454. The molecule has 2 bridgehead atoms. The van der Waals surface area contributed by atoms with Crippen molar-refractivity contribution >= 4 is 0 Å². The summed E-state index contributed by atoms with van der Waals surface area (Å²) in [6.07, 6.45) is 10.3. The van der Waals surface area contributed by atoms with E-state index in [4.69, 9.17) is 4.52 Å². The Balaban J connectivity index is 1.53. The zero-order chi connectivity index (χ0) is 12.9. The number of aliphatic hydroxyl groups excluding tert-OH is 1. The monoisotopic (exact) mass is 262 g/mol. The van der Waals surface area contributed by atoms with Gasteiger partial charge in [0.25, 0.3) is 0 Å². The van der Waals surface area contributed by atoms with E-state index in [2.05, 4.69) is 10.1 Å². The molecular formula is C15H22N2O2. The van der Waals surface area contributed by atoms with E-state index in [9.17, 15) is 5.11 Å². The van der Waals surface area contributed by atoms with Crippen molar-refractivity contribution in [1.82, 2.24) is 10.1 Å². The minimum atomic E-state index is 0.131. The van der Waals surface area contributed by atoms with Gasteiger partial charge in [-0.2, -0.15) is 4.98 Å². The van der Waals surface area contributed by atoms with Gasteiger partial charge in [-0.1, -0.05) is 5.16 Å². The van der Waals surface area contributed by atoms with Crippen LogP contribution in [0, 0.1) is 11.3 Å². The standard InChI is InChI=1S/C15H22N2O2/c18-10-14-3-6-15(7-4-14,8-5-14)13-16-12(17-19-13)9-11-1-2-11/h11,18H,1-10H2. The summed E-state index contributed by atoms with van der Waals surface area (Å²) in [4.78, 5) is 4.69. The van der Waals surface area contributed by atoms with E-state index in [1.165, 1.54) is 12.8 Å². The highest BCUT2D eigenvalue weighted by atomic mass is 16.5. The van der Waals surface area contributed by atoms with Gasteiger partial charge in [-0.05, 0) is 62.7 Å². The Kier molecular flexibility index (Phi) is 2.53. The second-order valence-electron chi connectivity index (χ2n) is 7.10. The molecule has 4 saturated carbocycles. The minimum absolute atomic E-state index is 0.131. The molecule has 0 spiro atoms. The van der Waals surface area contributed by atoms with E-state index in [0.717, 1.165) is 62.6 Å². The van der Waals surface area contributed by atoms with Crippen LogP contribution >= 0.6 is 0 Å². The topological polar surface area (TPSA) is 59.2 Å². The van der Waals surface area contributed by atoms with Crippen LogP contribution in [0.25, 0.3) is 0 Å². The smallest absolute Gasteiger partial charge is 0.232 e. The Morgan fingerprint density at radius 2 is 1.79 bits per heavy atom. The van der Waals surface area contributed by atoms with E-state index in [1.54, 1.807) is 0 Å². The highest BCUT2D eigenvalue weighted by molar-refractivity contribution is 5.13. The summed E-state index contributed by atoms with van der Waals surface area (Å²) in [7, 11) is 0. The van der Waals surface area contributed by atoms with E-state index >= 15 is 0 Å². The Hall–Kier alpha value is -0.900. The molecular weight excluding hydrogens is 240 g/mol. The largest absolute Gasteiger partial charge is 0.396 e. The molecule has 104 valence electrons. The highest BCUT2D eigenvalue weighted by Crippen LogP contribution is 2.57. The fourth-order valence-corrected chi connectivity index (χ4v) is 3.95. The van der Waals surface area contributed by atoms with Crippen molar-refractivity contribution in [2.45, 2.75) is 63.2 Å². The van der Waals surface area contributed by atoms with Gasteiger partial charge in [-0.25, -0.2) is 0 Å². The van der Waals surface area contributed by atoms with Crippen molar-refractivity contribution in [2.24, 2.45) is 11.3 Å². The summed E-state index contributed by atoms with van der Waals surface area (Å²) >= 11 is 0. The molecule has 19 heavy (non-hydrogen) atoms. The predicted molar refractivity (Wildman–Crippen MR) is 69.6 cm³/mol. The molecule has 4 nitrogen and oxygen atoms in total. The second-order valence-corrected chi connectivity index (χ2v) is 7.10. The SMILES string of the molecule is OCC12CCC(c3nc(CC4CC4)no3)(CC1)CC2. The van der Waals surface area contributed by atoms with E-state index in [0.29, 0.717) is 6.61 Å². The fourth-order valence-electron chi connectivity index (χ4n) is 3.95. The van der Waals surface area contributed by atoms with Crippen LogP contribution in [-0.4, -0.2) is 21.9 Å². The molecule has 4 aliphatic rings. The molecule has 0 amide bonds. The molecule has 1 aromatic heterocycles. The van der Waals surface area contributed by atoms with Crippen LogP contribution in [0.2, 0.25) is 0 Å². The Morgan fingerprint density at radius 3 is 2.37 bits per heavy atom. The average Bonchev–Trinajstić information content (AvgIpc) is 3.16. The Morgan fingerprint density at radius 1 is 1.11 bits per heavy atom. The number of aliphatic hydroxyl groups is 1. The molecule has 0 aromatic carbocycles. The third-order valence-corrected chi connectivity index (χ3v) is 5.83. The normalized spacial score (nSPS) is 37.7. The van der Waals surface area contributed by atoms with Crippen LogP contribution in [-0.2, 0) is 11.8 Å². The summed E-state index contributed by atoms with van der Waals surface area (Å²) in [6.45, 7) is 0.347. The highest BCUT2D eigenvalue weighted by Gasteiger charge is 2.51. The lowest BCUT2D eigenvalue weighted by atomic mass is 9.54. The molecule has 0 unspecified atom stereocenters. The zero-order valence-electron chi connectivity index (χ0n) is 11.4. The number of rotatable bonds is 4. The lowest BCUT2D eigenvalue weighted by Crippen LogP contribution is -2.46. The number of nitrogens with zero attached hydrogens (tertiary/aromatic N) is 2. The zero-order valence-corrected chi connectivity index (χ0v) is 11.4. The van der Waals surface area contributed by atoms with Crippen LogP contribution in [0.15, 0.2) is 4.52 Å². The van der Waals surface area contributed by atoms with Crippen LogP contribution in [0.3, 0.4) is 0 Å². The average molecular weight is 262 g/mol. The first-order valence-electron chi connectivity index (χ1n) is 7.68. The lowest BCUT2D eigenvalue weighted by Gasteiger charge is -2.51. The third-order valence-electron chi connectivity index (χ3n) is 5.83. The summed E-state index contributed by atoms with van der Waals surface area (Å²) in [5.41, 5.74) is 0.338. The molecule has 0 aliphatic heterocycles. The first kappa shape index (κ1) is 11.9. The van der Waals surface area contributed by atoms with Gasteiger partial charge in [0.2, 0.25) is 5.89 Å². The number of hydrogen-bond donors (Lipinski definition) is 1. The lowest BCUT2D eigenvalue weighted by molar-refractivity contribution is -0.0175. The maximum absolute atomic E-state index is 9.58. The maximum Gasteiger partial charge on any atom is 0.232 e. The van der Waals surface area contributed by atoms with Crippen LogP contribution in [0.5, 0.6) is 0 Å². The first-order chi connectivity index (χ1) is 9.24. The van der Waals surface area contributed by atoms with Crippen LogP contribution in [0.1, 0.15) is 63.1 Å². The first-order valence-corrected chi connectivity index (χ1v) is 7.68. The second kappa shape index (κ2) is 4.05. The van der Waals surface area contributed by atoms with E-state index in [1.807, 2.05) is 0 Å². The molecule has 4 heteroatoms. The molecule has 4 fully saturated rings. The van der Waals surface area contributed by atoms with Crippen LogP contribution in [0.4, 0.5) is 0 Å². The molecule has 1 heterocycles. The summed E-state index contributed by atoms with van der Waals surface area (Å²) < 4.78 is 5.59. The Labute approximate surface area is 113 Å². The molecule has 1 aromatic rings. The van der Waals surface area contributed by atoms with Gasteiger partial charge in [-0.3, -0.25) is 0 Å². The van der Waals surface area contributed by atoms with Gasteiger partial charge in [0.15, 0.2) is 5.82 Å². The van der Waals surface area contributed by atoms with Crippen LogP contribution < -0.4 is 0 Å². The van der Waals surface area contributed by atoms with E-state index < -0.39 is 0 Å². The predicted octanol–water partition coefficient (Wildman–Crippen LogP) is 2.61. The van der Waals surface area contributed by atoms with Gasteiger partial charge in [0.1, 0.15) is 0 Å². The van der Waals surface area contributed by atoms with Gasteiger partial charge < -0.3 is 9.63 Å². The van der Waals surface area contributed by atoms with Crippen molar-refractivity contribution in [2.75, 3.05) is 6.61 Å². The van der Waals surface area contributed by atoms with Crippen molar-refractivity contribution in [3.05, 3.63) is 11.7 Å². The summed E-state index contributed by atoms with van der Waals surface area (Å²) in [5.74, 6) is 2.61. The fraction of sp³-hybridized carbons (Fsp3) is 0.867. The van der Waals surface area contributed by atoms with Gasteiger partial charge in [0, 0.05) is 18.4 Å². The molecule has 4 aliphatic carbocycles. The van der Waals surface area contributed by atoms with Gasteiger partial charge in [-0.15, -0.1) is 0 Å². The summed E-state index contributed by atoms with van der Waals surface area (Å²) in [6, 6.07) is 0. The molecule has 0 saturated heterocycles. The van der Waals surface area contributed by atoms with Crippen molar-refractivity contribution in [3.63, 3.8) is 0 Å².